The molecule has 0 bridgehead atoms. The van der Waals surface area contributed by atoms with Gasteiger partial charge in [0.05, 0.1) is 6.26 Å². The summed E-state index contributed by atoms with van der Waals surface area (Å²) in [6.45, 7) is 4.34. The number of hydrogen-bond acceptors (Lipinski definition) is 5. The lowest BCUT2D eigenvalue weighted by Gasteiger charge is -2.35. The number of halogens is 1. The van der Waals surface area contributed by atoms with Crippen molar-refractivity contribution in [3.05, 3.63) is 58.6 Å². The van der Waals surface area contributed by atoms with E-state index in [0.29, 0.717) is 12.3 Å². The summed E-state index contributed by atoms with van der Waals surface area (Å²) >= 11 is 8.18. The predicted molar refractivity (Wildman–Crippen MR) is 110 cm³/mol. The fraction of sp³-hybridized carbons (Fsp3) is 0.368. The molecule has 0 aliphatic carbocycles. The summed E-state index contributed by atoms with van der Waals surface area (Å²) in [7, 11) is -3.67. The minimum absolute atomic E-state index is 0.423. The van der Waals surface area contributed by atoms with Crippen molar-refractivity contribution in [1.29, 1.82) is 0 Å². The van der Waals surface area contributed by atoms with Crippen molar-refractivity contribution in [3.63, 3.8) is 0 Å². The highest BCUT2D eigenvalue weighted by Crippen LogP contribution is 2.43. The Bertz CT molecular complexity index is 892. The molecule has 1 unspecified atom stereocenters. The summed E-state index contributed by atoms with van der Waals surface area (Å²) in [5.74, 6) is 0. The maximum Gasteiger partial charge on any atom is 0.261 e. The summed E-state index contributed by atoms with van der Waals surface area (Å²) in [5, 5.41) is 4.29. The molecule has 0 amide bonds. The van der Waals surface area contributed by atoms with E-state index >= 15 is 0 Å². The maximum absolute atomic E-state index is 9.19. The third kappa shape index (κ3) is 5.94. The molecule has 146 valence electrons. The van der Waals surface area contributed by atoms with Gasteiger partial charge in [0, 0.05) is 47.0 Å². The molecule has 1 atom stereocenters. The van der Waals surface area contributed by atoms with Crippen LogP contribution in [0.2, 0.25) is 5.02 Å². The van der Waals surface area contributed by atoms with Crippen molar-refractivity contribution in [2.45, 2.75) is 22.3 Å². The standard InChI is InChI=1S/C18H19ClN2S.CH4O3S/c19-14-5-6-18-15(12-14)16(21-9-7-20-8-10-21)11-13-3-1-2-4-17(13)22-18;1-5(2,3)4/h1-6,12,16,20H,7-11H2;1H3,(H,2,3,4). The number of nitrogens with zero attached hydrogens (tertiary/aromatic N) is 1. The Morgan fingerprint density at radius 2 is 1.81 bits per heavy atom. The lowest BCUT2D eigenvalue weighted by molar-refractivity contribution is 0.170. The van der Waals surface area contributed by atoms with Crippen LogP contribution < -0.4 is 5.32 Å². The molecule has 1 fully saturated rings. The highest BCUT2D eigenvalue weighted by molar-refractivity contribution is 7.99. The van der Waals surface area contributed by atoms with Gasteiger partial charge in [0.1, 0.15) is 0 Å². The smallest absolute Gasteiger partial charge is 0.261 e. The molecule has 2 aliphatic heterocycles. The second-order valence-corrected chi connectivity index (χ2v) is 9.62. The minimum atomic E-state index is -3.67. The number of piperazine rings is 1. The molecule has 5 nitrogen and oxygen atoms in total. The van der Waals surface area contributed by atoms with E-state index in [1.807, 2.05) is 17.8 Å². The Hall–Kier alpha value is -1.09. The SMILES string of the molecule is CS(=O)(=O)O.Clc1ccc2c(c1)C(N1CCNCC1)Cc1ccccc1S2. The Balaban J connectivity index is 0.000000376. The first-order chi connectivity index (χ1) is 12.8. The molecule has 27 heavy (non-hydrogen) atoms. The van der Waals surface area contributed by atoms with Crippen LogP contribution in [0.3, 0.4) is 0 Å². The van der Waals surface area contributed by atoms with Gasteiger partial charge in [-0.3, -0.25) is 9.45 Å². The molecule has 0 saturated carbocycles. The molecule has 2 aromatic rings. The van der Waals surface area contributed by atoms with E-state index < -0.39 is 10.1 Å². The summed E-state index contributed by atoms with van der Waals surface area (Å²) in [5.41, 5.74) is 2.83. The highest BCUT2D eigenvalue weighted by Gasteiger charge is 2.28. The molecule has 2 heterocycles. The summed E-state index contributed by atoms with van der Waals surface area (Å²) < 4.78 is 25.9. The van der Waals surface area contributed by atoms with Crippen molar-refractivity contribution in [2.24, 2.45) is 0 Å². The van der Waals surface area contributed by atoms with Crippen LogP contribution in [-0.4, -0.2) is 50.3 Å². The highest BCUT2D eigenvalue weighted by atomic mass is 35.5. The molecule has 8 heteroatoms. The summed E-state index contributed by atoms with van der Waals surface area (Å²) in [6.07, 6.45) is 1.78. The van der Waals surface area contributed by atoms with E-state index in [2.05, 4.69) is 46.6 Å². The third-order valence-corrected chi connectivity index (χ3v) is 5.97. The monoisotopic (exact) mass is 426 g/mol. The molecular formula is C19H23ClN2O3S2. The first kappa shape index (κ1) is 20.6. The van der Waals surface area contributed by atoms with Crippen molar-refractivity contribution < 1.29 is 13.0 Å². The van der Waals surface area contributed by atoms with Crippen LogP contribution in [0.4, 0.5) is 0 Å². The van der Waals surface area contributed by atoms with E-state index in [1.165, 1.54) is 20.9 Å². The van der Waals surface area contributed by atoms with Crippen LogP contribution in [0.5, 0.6) is 0 Å². The molecule has 2 aromatic carbocycles. The second-order valence-electron chi connectivity index (χ2n) is 6.63. The summed E-state index contributed by atoms with van der Waals surface area (Å²) in [6, 6.07) is 15.6. The van der Waals surface area contributed by atoms with Gasteiger partial charge in [-0.15, -0.1) is 0 Å². The second kappa shape index (κ2) is 8.94. The van der Waals surface area contributed by atoms with Crippen LogP contribution in [-0.2, 0) is 16.5 Å². The Morgan fingerprint density at radius 3 is 2.52 bits per heavy atom. The molecule has 4 rings (SSSR count). The molecule has 0 spiro atoms. The first-order valence-electron chi connectivity index (χ1n) is 8.74. The van der Waals surface area contributed by atoms with Crippen LogP contribution in [0, 0.1) is 0 Å². The van der Waals surface area contributed by atoms with Gasteiger partial charge in [0.15, 0.2) is 0 Å². The fourth-order valence-corrected chi connectivity index (χ4v) is 4.70. The topological polar surface area (TPSA) is 69.6 Å². The summed E-state index contributed by atoms with van der Waals surface area (Å²) in [4.78, 5) is 5.33. The van der Waals surface area contributed by atoms with E-state index in [1.54, 1.807) is 0 Å². The lowest BCUT2D eigenvalue weighted by Crippen LogP contribution is -2.45. The van der Waals surface area contributed by atoms with Crippen molar-refractivity contribution in [3.8, 4) is 0 Å². The van der Waals surface area contributed by atoms with Crippen molar-refractivity contribution >= 4 is 33.5 Å². The van der Waals surface area contributed by atoms with Gasteiger partial charge < -0.3 is 5.32 Å². The van der Waals surface area contributed by atoms with Crippen LogP contribution >= 0.6 is 23.4 Å². The lowest BCUT2D eigenvalue weighted by atomic mass is 9.97. The third-order valence-electron chi connectivity index (χ3n) is 4.53. The molecular weight excluding hydrogens is 404 g/mol. The molecule has 1 saturated heterocycles. The largest absolute Gasteiger partial charge is 0.314 e. The van der Waals surface area contributed by atoms with Crippen LogP contribution in [0.25, 0.3) is 0 Å². The number of rotatable bonds is 1. The normalized spacial score (nSPS) is 19.9. The predicted octanol–water partition coefficient (Wildman–Crippen LogP) is 3.50. The Labute approximate surface area is 169 Å². The van der Waals surface area contributed by atoms with Gasteiger partial charge in [-0.25, -0.2) is 0 Å². The minimum Gasteiger partial charge on any atom is -0.314 e. The first-order valence-corrected chi connectivity index (χ1v) is 11.8. The van der Waals surface area contributed by atoms with Crippen LogP contribution in [0.15, 0.2) is 52.3 Å². The fourth-order valence-electron chi connectivity index (χ4n) is 3.40. The van der Waals surface area contributed by atoms with E-state index in [4.69, 9.17) is 16.2 Å². The van der Waals surface area contributed by atoms with Gasteiger partial charge >= 0.3 is 0 Å². The zero-order valence-electron chi connectivity index (χ0n) is 15.1. The van der Waals surface area contributed by atoms with Crippen LogP contribution in [0.1, 0.15) is 17.2 Å². The number of nitrogens with one attached hydrogen (secondary N) is 1. The average molecular weight is 427 g/mol. The van der Waals surface area contributed by atoms with Gasteiger partial charge in [-0.2, -0.15) is 8.42 Å². The number of hydrogen-bond donors (Lipinski definition) is 2. The van der Waals surface area contributed by atoms with E-state index in [-0.39, 0.29) is 0 Å². The van der Waals surface area contributed by atoms with E-state index in [9.17, 15) is 8.42 Å². The molecule has 0 aromatic heterocycles. The Kier molecular flexibility index (Phi) is 6.83. The Morgan fingerprint density at radius 1 is 1.15 bits per heavy atom. The maximum atomic E-state index is 9.19. The van der Waals surface area contributed by atoms with Gasteiger partial charge in [0.25, 0.3) is 10.1 Å². The van der Waals surface area contributed by atoms with Crippen molar-refractivity contribution in [2.75, 3.05) is 32.4 Å². The number of fused-ring (bicyclic) bond motifs is 2. The molecule has 0 radical (unpaired) electrons. The molecule has 2 N–H and O–H groups in total. The van der Waals surface area contributed by atoms with E-state index in [0.717, 1.165) is 37.6 Å². The number of benzene rings is 2. The van der Waals surface area contributed by atoms with Crippen molar-refractivity contribution in [1.82, 2.24) is 10.2 Å². The van der Waals surface area contributed by atoms with Gasteiger partial charge in [-0.05, 0) is 41.8 Å². The molecule has 2 aliphatic rings. The average Bonchev–Trinajstić information content (AvgIpc) is 2.77. The quantitative estimate of drug-likeness (QED) is 0.680. The zero-order valence-corrected chi connectivity index (χ0v) is 17.4. The zero-order chi connectivity index (χ0) is 19.4. The van der Waals surface area contributed by atoms with Gasteiger partial charge in [-0.1, -0.05) is 41.6 Å². The van der Waals surface area contributed by atoms with Gasteiger partial charge in [0.2, 0.25) is 0 Å².